The molecule has 0 heterocycles. The van der Waals surface area contributed by atoms with E-state index in [2.05, 4.69) is 74.7 Å². The molecule has 0 radical (unpaired) electrons. The Labute approximate surface area is 451 Å². The SMILES string of the molecule is CCCCC/C=C\C/C=C\CCCCCCCCCCCC(=O)OC(/C=C/CCCCCCCCCCC)C(COP(=O)(O)OCC[N+](C)(C)C)NC(=O)CCCCCCCCC/C=C\C/C=C\CCCCC. The van der Waals surface area contributed by atoms with E-state index in [0.717, 1.165) is 83.5 Å². The fourth-order valence-corrected chi connectivity index (χ4v) is 9.38. The van der Waals surface area contributed by atoms with Crippen LogP contribution in [0.25, 0.3) is 0 Å². The minimum Gasteiger partial charge on any atom is -0.456 e. The number of nitrogens with one attached hydrogen (secondary N) is 1. The number of nitrogens with zero attached hydrogens (tertiary/aromatic N) is 1. The number of phosphoric ester groups is 1. The van der Waals surface area contributed by atoms with Crippen molar-refractivity contribution >= 4 is 19.7 Å². The Bertz CT molecular complexity index is 1440. The van der Waals surface area contributed by atoms with Gasteiger partial charge in [-0.25, -0.2) is 4.57 Å². The number of esters is 1. The zero-order valence-electron chi connectivity index (χ0n) is 48.6. The number of hydrogen-bond acceptors (Lipinski definition) is 6. The molecule has 0 spiro atoms. The Balaban J connectivity index is 5.25. The second kappa shape index (κ2) is 53.1. The van der Waals surface area contributed by atoms with Crippen LogP contribution in [-0.2, 0) is 27.9 Å². The maximum absolute atomic E-state index is 13.5. The summed E-state index contributed by atoms with van der Waals surface area (Å²) in [4.78, 5) is 37.7. The summed E-state index contributed by atoms with van der Waals surface area (Å²) in [6.45, 7) is 6.96. The fraction of sp³-hybridized carbons (Fsp3) is 0.810. The third-order valence-corrected chi connectivity index (χ3v) is 14.4. The van der Waals surface area contributed by atoms with Gasteiger partial charge < -0.3 is 19.4 Å². The van der Waals surface area contributed by atoms with Crippen molar-refractivity contribution < 1.29 is 37.3 Å². The molecule has 0 aliphatic carbocycles. The van der Waals surface area contributed by atoms with Gasteiger partial charge in [0.1, 0.15) is 19.3 Å². The topological polar surface area (TPSA) is 111 Å². The molecule has 0 fully saturated rings. The van der Waals surface area contributed by atoms with Crippen LogP contribution in [0.3, 0.4) is 0 Å². The van der Waals surface area contributed by atoms with Crippen molar-refractivity contribution in [3.63, 3.8) is 0 Å². The molecule has 0 aromatic carbocycles. The molecule has 0 aliphatic rings. The number of likely N-dealkylation sites (N-methyl/N-ethyl adjacent to an activating group) is 1. The van der Waals surface area contributed by atoms with E-state index in [4.69, 9.17) is 13.8 Å². The van der Waals surface area contributed by atoms with Gasteiger partial charge in [-0.15, -0.1) is 0 Å². The molecule has 0 bridgehead atoms. The Kier molecular flexibility index (Phi) is 51.5. The number of phosphoric acid groups is 1. The van der Waals surface area contributed by atoms with Gasteiger partial charge in [-0.3, -0.25) is 18.6 Å². The van der Waals surface area contributed by atoms with Crippen molar-refractivity contribution in [1.29, 1.82) is 0 Å². The molecule has 3 unspecified atom stereocenters. The molecular formula is C63H118N2O7P+. The van der Waals surface area contributed by atoms with E-state index in [1.165, 1.54) is 161 Å². The summed E-state index contributed by atoms with van der Waals surface area (Å²) in [7, 11) is 1.49. The minimum absolute atomic E-state index is 0.0368. The number of rotatable bonds is 55. The highest BCUT2D eigenvalue weighted by molar-refractivity contribution is 7.47. The second-order valence-electron chi connectivity index (χ2n) is 21.9. The van der Waals surface area contributed by atoms with Crippen LogP contribution in [0.5, 0.6) is 0 Å². The van der Waals surface area contributed by atoms with Gasteiger partial charge in [0, 0.05) is 12.8 Å². The average Bonchev–Trinajstić information content (AvgIpc) is 3.35. The van der Waals surface area contributed by atoms with Gasteiger partial charge >= 0.3 is 13.8 Å². The zero-order valence-corrected chi connectivity index (χ0v) is 49.5. The number of carbonyl (C=O) groups is 2. The van der Waals surface area contributed by atoms with Crippen LogP contribution in [-0.4, -0.2) is 74.3 Å². The lowest BCUT2D eigenvalue weighted by molar-refractivity contribution is -0.870. The third-order valence-electron chi connectivity index (χ3n) is 13.4. The molecule has 3 atom stereocenters. The Morgan fingerprint density at radius 2 is 0.836 bits per heavy atom. The highest BCUT2D eigenvalue weighted by atomic mass is 31.2. The van der Waals surface area contributed by atoms with Crippen LogP contribution in [0.2, 0.25) is 0 Å². The summed E-state index contributed by atoms with van der Waals surface area (Å²) in [5, 5.41) is 3.05. The third kappa shape index (κ3) is 54.3. The summed E-state index contributed by atoms with van der Waals surface area (Å²) in [6, 6.07) is -0.854. The van der Waals surface area contributed by atoms with Crippen LogP contribution < -0.4 is 5.32 Å². The van der Waals surface area contributed by atoms with Crippen LogP contribution >= 0.6 is 7.82 Å². The van der Waals surface area contributed by atoms with Crippen molar-refractivity contribution in [1.82, 2.24) is 5.32 Å². The van der Waals surface area contributed by atoms with Gasteiger partial charge in [0.15, 0.2) is 0 Å². The first-order chi connectivity index (χ1) is 35.4. The molecule has 9 nitrogen and oxygen atoms in total. The first kappa shape index (κ1) is 70.7. The summed E-state index contributed by atoms with van der Waals surface area (Å²) in [5.74, 6) is -0.515. The van der Waals surface area contributed by atoms with Gasteiger partial charge in [-0.05, 0) is 96.0 Å². The van der Waals surface area contributed by atoms with Gasteiger partial charge in [-0.2, -0.15) is 0 Å². The average molecular weight is 1050 g/mol. The van der Waals surface area contributed by atoms with Crippen molar-refractivity contribution in [2.75, 3.05) is 40.9 Å². The van der Waals surface area contributed by atoms with E-state index >= 15 is 0 Å². The van der Waals surface area contributed by atoms with Crippen molar-refractivity contribution in [3.05, 3.63) is 60.8 Å². The van der Waals surface area contributed by atoms with Crippen molar-refractivity contribution in [2.45, 2.75) is 290 Å². The number of hydrogen-bond donors (Lipinski definition) is 2. The predicted molar refractivity (Wildman–Crippen MR) is 314 cm³/mol. The van der Waals surface area contributed by atoms with E-state index in [0.29, 0.717) is 17.4 Å². The van der Waals surface area contributed by atoms with Crippen molar-refractivity contribution in [3.8, 4) is 0 Å². The molecule has 0 aliphatic heterocycles. The molecule has 0 rings (SSSR count). The number of carbonyl (C=O) groups excluding carboxylic acids is 2. The first-order valence-corrected chi connectivity index (χ1v) is 32.1. The lowest BCUT2D eigenvalue weighted by atomic mass is 10.0. The number of amides is 1. The molecule has 0 aromatic rings. The van der Waals surface area contributed by atoms with Gasteiger partial charge in [0.05, 0.1) is 33.8 Å². The van der Waals surface area contributed by atoms with Crippen molar-refractivity contribution in [2.24, 2.45) is 0 Å². The van der Waals surface area contributed by atoms with Gasteiger partial charge in [-0.1, -0.05) is 230 Å². The number of quaternary nitrogens is 1. The smallest absolute Gasteiger partial charge is 0.456 e. The number of ether oxygens (including phenoxy) is 1. The standard InChI is InChI=1S/C63H117N2O7P/c1-7-10-13-16-19-22-25-27-29-31-32-34-36-38-41-44-47-50-53-56-63(67)72-61(54-51-48-45-42-39-24-21-18-15-12-9-3)60(59-71-73(68,69)70-58-57-65(4,5)6)64-62(66)55-52-49-46-43-40-37-35-33-30-28-26-23-20-17-14-11-8-2/h19-20,22-23,27-30,51,54,60-61H,7-18,21,24-26,31-50,52-53,55-59H2,1-6H3,(H-,64,66,68,69)/p+1/b22-19-,23-20-,29-27-,30-28-,54-51+. The second-order valence-corrected chi connectivity index (χ2v) is 23.3. The number of allylic oxidation sites excluding steroid dienone is 9. The Hall–Kier alpha value is -2.29. The van der Waals surface area contributed by atoms with Gasteiger partial charge in [0.25, 0.3) is 0 Å². The molecule has 1 amide bonds. The number of unbranched alkanes of at least 4 members (excludes halogenated alkanes) is 31. The molecule has 426 valence electrons. The van der Waals surface area contributed by atoms with Gasteiger partial charge in [0.2, 0.25) is 5.91 Å². The zero-order chi connectivity index (χ0) is 53.6. The highest BCUT2D eigenvalue weighted by Gasteiger charge is 2.30. The molecule has 0 saturated heterocycles. The molecule has 73 heavy (non-hydrogen) atoms. The van der Waals surface area contributed by atoms with E-state index in [1.54, 1.807) is 0 Å². The largest absolute Gasteiger partial charge is 0.472 e. The summed E-state index contributed by atoms with van der Waals surface area (Å²) in [6.07, 6.45) is 66.4. The Morgan fingerprint density at radius 3 is 1.26 bits per heavy atom. The monoisotopic (exact) mass is 1050 g/mol. The van der Waals surface area contributed by atoms with Crippen LogP contribution in [0.4, 0.5) is 0 Å². The fourth-order valence-electron chi connectivity index (χ4n) is 8.65. The highest BCUT2D eigenvalue weighted by Crippen LogP contribution is 2.43. The Morgan fingerprint density at radius 1 is 0.479 bits per heavy atom. The maximum atomic E-state index is 13.5. The summed E-state index contributed by atoms with van der Waals surface area (Å²) >= 11 is 0. The maximum Gasteiger partial charge on any atom is 0.472 e. The summed E-state index contributed by atoms with van der Waals surface area (Å²) in [5.41, 5.74) is 0. The summed E-state index contributed by atoms with van der Waals surface area (Å²) < 4.78 is 30.7. The van der Waals surface area contributed by atoms with E-state index < -0.39 is 20.0 Å². The quantitative estimate of drug-likeness (QED) is 0.0205. The predicted octanol–water partition coefficient (Wildman–Crippen LogP) is 18.7. The van der Waals surface area contributed by atoms with Crippen LogP contribution in [0, 0.1) is 0 Å². The lowest BCUT2D eigenvalue weighted by Crippen LogP contribution is -2.47. The molecule has 0 aromatic heterocycles. The first-order valence-electron chi connectivity index (χ1n) is 30.6. The molecular weight excluding hydrogens is 928 g/mol. The van der Waals surface area contributed by atoms with E-state index in [-0.39, 0.29) is 31.5 Å². The van der Waals surface area contributed by atoms with E-state index in [9.17, 15) is 19.0 Å². The van der Waals surface area contributed by atoms with Crippen LogP contribution in [0.15, 0.2) is 60.8 Å². The van der Waals surface area contributed by atoms with E-state index in [1.807, 2.05) is 33.3 Å². The molecule has 10 heteroatoms. The minimum atomic E-state index is -4.45. The molecule has 0 saturated carbocycles. The normalized spacial score (nSPS) is 14.1. The van der Waals surface area contributed by atoms with Crippen LogP contribution in [0.1, 0.15) is 278 Å². The molecule has 2 N–H and O–H groups in total. The lowest BCUT2D eigenvalue weighted by Gasteiger charge is -2.27.